The second-order valence-corrected chi connectivity index (χ2v) is 4.60. The smallest absolute Gasteiger partial charge is 0.131 e. The first-order valence-corrected chi connectivity index (χ1v) is 6.40. The molecule has 0 spiro atoms. The van der Waals surface area contributed by atoms with Crippen LogP contribution in [-0.4, -0.2) is 26.2 Å². The van der Waals surface area contributed by atoms with Crippen molar-refractivity contribution in [2.24, 2.45) is 0 Å². The number of halogens is 1. The van der Waals surface area contributed by atoms with E-state index in [0.29, 0.717) is 23.9 Å². The number of nitrogens with one attached hydrogen (secondary N) is 2. The van der Waals surface area contributed by atoms with E-state index < -0.39 is 0 Å². The summed E-state index contributed by atoms with van der Waals surface area (Å²) in [5.41, 5.74) is 0.674. The Hall–Kier alpha value is -1.13. The lowest BCUT2D eigenvalue weighted by molar-refractivity contribution is 0.410. The van der Waals surface area contributed by atoms with Gasteiger partial charge in [-0.15, -0.1) is 0 Å². The second-order valence-electron chi connectivity index (χ2n) is 4.60. The molecule has 0 radical (unpaired) electrons. The fourth-order valence-electron chi connectivity index (χ4n) is 1.63. The van der Waals surface area contributed by atoms with Crippen molar-refractivity contribution in [2.45, 2.75) is 32.9 Å². The molecular weight excluding hydrogens is 231 g/mol. The molecule has 3 nitrogen and oxygen atoms in total. The van der Waals surface area contributed by atoms with Crippen LogP contribution < -0.4 is 15.4 Å². The highest BCUT2D eigenvalue weighted by atomic mass is 19.1. The van der Waals surface area contributed by atoms with Crippen molar-refractivity contribution in [3.63, 3.8) is 0 Å². The maximum absolute atomic E-state index is 13.6. The average molecular weight is 254 g/mol. The lowest BCUT2D eigenvalue weighted by Gasteiger charge is -2.09. The largest absolute Gasteiger partial charge is 0.497 e. The van der Waals surface area contributed by atoms with E-state index in [-0.39, 0.29) is 5.82 Å². The zero-order chi connectivity index (χ0) is 13.4. The predicted octanol–water partition coefficient (Wildman–Crippen LogP) is 2.31. The zero-order valence-corrected chi connectivity index (χ0v) is 11.4. The van der Waals surface area contributed by atoms with Gasteiger partial charge in [0.25, 0.3) is 0 Å². The number of hydrogen-bond donors (Lipinski definition) is 2. The minimum atomic E-state index is -0.220. The van der Waals surface area contributed by atoms with Crippen LogP contribution in [0, 0.1) is 5.82 Å². The zero-order valence-electron chi connectivity index (χ0n) is 11.4. The van der Waals surface area contributed by atoms with Crippen LogP contribution in [0.2, 0.25) is 0 Å². The average Bonchev–Trinajstić information content (AvgIpc) is 2.34. The van der Waals surface area contributed by atoms with Crippen LogP contribution in [0.1, 0.15) is 25.8 Å². The fourth-order valence-corrected chi connectivity index (χ4v) is 1.63. The van der Waals surface area contributed by atoms with Crippen molar-refractivity contribution in [1.29, 1.82) is 0 Å². The summed E-state index contributed by atoms with van der Waals surface area (Å²) >= 11 is 0. The first-order chi connectivity index (χ1) is 8.63. The minimum Gasteiger partial charge on any atom is -0.497 e. The highest BCUT2D eigenvalue weighted by Gasteiger charge is 2.03. The van der Waals surface area contributed by atoms with Crippen LogP contribution in [0.15, 0.2) is 18.2 Å². The summed E-state index contributed by atoms with van der Waals surface area (Å²) in [5, 5.41) is 6.57. The molecule has 102 valence electrons. The molecule has 0 unspecified atom stereocenters. The van der Waals surface area contributed by atoms with Gasteiger partial charge in [-0.1, -0.05) is 19.9 Å². The normalized spacial score (nSPS) is 10.9. The molecule has 0 aliphatic carbocycles. The Labute approximate surface area is 109 Å². The van der Waals surface area contributed by atoms with Gasteiger partial charge in [0.2, 0.25) is 0 Å². The van der Waals surface area contributed by atoms with E-state index in [9.17, 15) is 4.39 Å². The van der Waals surface area contributed by atoms with Crippen molar-refractivity contribution in [2.75, 3.05) is 20.2 Å². The van der Waals surface area contributed by atoms with Crippen LogP contribution in [-0.2, 0) is 6.54 Å². The Balaban J connectivity index is 2.23. The molecule has 0 fully saturated rings. The molecule has 0 saturated carbocycles. The standard InChI is InChI=1S/C14H23FN2O/c1-11(2)17-8-4-7-16-10-12-5-6-13(18-3)9-14(12)15/h5-6,9,11,16-17H,4,7-8,10H2,1-3H3. The van der Waals surface area contributed by atoms with E-state index in [1.54, 1.807) is 12.1 Å². The molecular formula is C14H23FN2O. The first-order valence-electron chi connectivity index (χ1n) is 6.40. The lowest BCUT2D eigenvalue weighted by Crippen LogP contribution is -2.26. The molecule has 0 aliphatic rings. The molecule has 0 bridgehead atoms. The molecule has 4 heteroatoms. The Kier molecular flexibility index (Phi) is 6.68. The van der Waals surface area contributed by atoms with Gasteiger partial charge in [0, 0.05) is 24.2 Å². The Bertz CT molecular complexity index is 356. The molecule has 0 heterocycles. The monoisotopic (exact) mass is 254 g/mol. The van der Waals surface area contributed by atoms with Gasteiger partial charge in [0.1, 0.15) is 11.6 Å². The summed E-state index contributed by atoms with van der Waals surface area (Å²) in [4.78, 5) is 0. The van der Waals surface area contributed by atoms with Gasteiger partial charge < -0.3 is 15.4 Å². The quantitative estimate of drug-likeness (QED) is 0.698. The summed E-state index contributed by atoms with van der Waals surface area (Å²) in [7, 11) is 1.54. The number of rotatable bonds is 8. The summed E-state index contributed by atoms with van der Waals surface area (Å²) in [6.07, 6.45) is 1.04. The Morgan fingerprint density at radius 2 is 2.06 bits per heavy atom. The predicted molar refractivity (Wildman–Crippen MR) is 72.4 cm³/mol. The van der Waals surface area contributed by atoms with Gasteiger partial charge in [-0.2, -0.15) is 0 Å². The van der Waals surface area contributed by atoms with E-state index in [1.165, 1.54) is 13.2 Å². The minimum absolute atomic E-state index is 0.220. The third kappa shape index (κ3) is 5.47. The third-order valence-corrected chi connectivity index (χ3v) is 2.66. The SMILES string of the molecule is COc1ccc(CNCCCNC(C)C)c(F)c1. The first kappa shape index (κ1) is 14.9. The van der Waals surface area contributed by atoms with E-state index >= 15 is 0 Å². The van der Waals surface area contributed by atoms with E-state index in [0.717, 1.165) is 19.5 Å². The van der Waals surface area contributed by atoms with Crippen LogP contribution in [0.4, 0.5) is 4.39 Å². The van der Waals surface area contributed by atoms with Crippen LogP contribution >= 0.6 is 0 Å². The number of benzene rings is 1. The third-order valence-electron chi connectivity index (χ3n) is 2.66. The summed E-state index contributed by atoms with van der Waals surface area (Å²) in [6.45, 7) is 6.67. The van der Waals surface area contributed by atoms with Crippen molar-refractivity contribution in [3.8, 4) is 5.75 Å². The highest BCUT2D eigenvalue weighted by Crippen LogP contribution is 2.15. The summed E-state index contributed by atoms with van der Waals surface area (Å²) in [5.74, 6) is 0.333. The van der Waals surface area contributed by atoms with Crippen LogP contribution in [0.5, 0.6) is 5.75 Å². The van der Waals surface area contributed by atoms with Crippen molar-refractivity contribution < 1.29 is 9.13 Å². The number of hydrogen-bond acceptors (Lipinski definition) is 3. The van der Waals surface area contributed by atoms with E-state index in [1.807, 2.05) is 0 Å². The maximum atomic E-state index is 13.6. The van der Waals surface area contributed by atoms with Crippen molar-refractivity contribution in [1.82, 2.24) is 10.6 Å². The molecule has 1 aromatic carbocycles. The van der Waals surface area contributed by atoms with Gasteiger partial charge >= 0.3 is 0 Å². The van der Waals surface area contributed by atoms with Gasteiger partial charge in [-0.3, -0.25) is 0 Å². The number of ether oxygens (including phenoxy) is 1. The molecule has 2 N–H and O–H groups in total. The van der Waals surface area contributed by atoms with Gasteiger partial charge in [-0.05, 0) is 25.6 Å². The molecule has 0 saturated heterocycles. The van der Waals surface area contributed by atoms with Crippen molar-refractivity contribution in [3.05, 3.63) is 29.6 Å². The molecule has 0 atom stereocenters. The highest BCUT2D eigenvalue weighted by molar-refractivity contribution is 5.28. The molecule has 0 aliphatic heterocycles. The molecule has 0 amide bonds. The van der Waals surface area contributed by atoms with E-state index in [4.69, 9.17) is 4.74 Å². The molecule has 18 heavy (non-hydrogen) atoms. The van der Waals surface area contributed by atoms with Gasteiger partial charge in [0.05, 0.1) is 7.11 Å². The molecule has 1 aromatic rings. The van der Waals surface area contributed by atoms with Crippen LogP contribution in [0.3, 0.4) is 0 Å². The topological polar surface area (TPSA) is 33.3 Å². The Morgan fingerprint density at radius 1 is 1.28 bits per heavy atom. The van der Waals surface area contributed by atoms with E-state index in [2.05, 4.69) is 24.5 Å². The van der Waals surface area contributed by atoms with Crippen molar-refractivity contribution >= 4 is 0 Å². The summed E-state index contributed by atoms with van der Waals surface area (Å²) < 4.78 is 18.5. The molecule has 1 rings (SSSR count). The lowest BCUT2D eigenvalue weighted by atomic mass is 10.2. The Morgan fingerprint density at radius 3 is 2.67 bits per heavy atom. The van der Waals surface area contributed by atoms with Crippen LogP contribution in [0.25, 0.3) is 0 Å². The fraction of sp³-hybridized carbons (Fsp3) is 0.571. The second kappa shape index (κ2) is 8.06. The maximum Gasteiger partial charge on any atom is 0.131 e. The number of methoxy groups -OCH3 is 1. The molecule has 0 aromatic heterocycles. The van der Waals surface area contributed by atoms with Gasteiger partial charge in [-0.25, -0.2) is 4.39 Å². The summed E-state index contributed by atoms with van der Waals surface area (Å²) in [6, 6.07) is 5.47. The van der Waals surface area contributed by atoms with Gasteiger partial charge in [0.15, 0.2) is 0 Å².